The van der Waals surface area contributed by atoms with Gasteiger partial charge in [-0.1, -0.05) is 0 Å². The molecule has 8 heteroatoms. The van der Waals surface area contributed by atoms with Gasteiger partial charge in [-0.3, -0.25) is 0 Å². The molecule has 0 saturated heterocycles. The molecular formula is C12H10F2N4O2. The van der Waals surface area contributed by atoms with Gasteiger partial charge in [0.1, 0.15) is 23.9 Å². The van der Waals surface area contributed by atoms with Crippen molar-refractivity contribution >= 4 is 6.29 Å². The molecule has 2 heterocycles. The summed E-state index contributed by atoms with van der Waals surface area (Å²) in [6.45, 7) is 0. The molecule has 0 radical (unpaired) electrons. The van der Waals surface area contributed by atoms with E-state index in [1.807, 2.05) is 0 Å². The molecule has 2 unspecified atom stereocenters. The number of carbonyl (C=O) groups excluding carboxylic acids is 1. The van der Waals surface area contributed by atoms with Crippen LogP contribution in [-0.2, 0) is 11.2 Å². The summed E-state index contributed by atoms with van der Waals surface area (Å²) in [6.07, 6.45) is 2.91. The molecule has 2 aromatic rings. The second-order valence-electron chi connectivity index (χ2n) is 4.01. The lowest BCUT2D eigenvalue weighted by molar-refractivity contribution is -0.111. The first kappa shape index (κ1) is 14.1. The Morgan fingerprint density at radius 2 is 1.55 bits per heavy atom. The third-order valence-electron chi connectivity index (χ3n) is 2.57. The summed E-state index contributed by atoms with van der Waals surface area (Å²) in [5, 5.41) is 9.98. The third-order valence-corrected chi connectivity index (χ3v) is 2.57. The van der Waals surface area contributed by atoms with Crippen molar-refractivity contribution in [1.82, 2.24) is 19.9 Å². The van der Waals surface area contributed by atoms with Crippen molar-refractivity contribution in [1.29, 1.82) is 0 Å². The number of rotatable bonds is 5. The van der Waals surface area contributed by atoms with Crippen molar-refractivity contribution in [3.63, 3.8) is 0 Å². The molecule has 0 aliphatic rings. The molecule has 2 rings (SSSR count). The fraction of sp³-hybridized carbons (Fsp3) is 0.250. The minimum atomic E-state index is -1.19. The van der Waals surface area contributed by atoms with Crippen LogP contribution < -0.4 is 0 Å². The van der Waals surface area contributed by atoms with E-state index >= 15 is 0 Å². The highest BCUT2D eigenvalue weighted by atomic mass is 19.1. The summed E-state index contributed by atoms with van der Waals surface area (Å²) in [4.78, 5) is 25.7. The van der Waals surface area contributed by atoms with Crippen molar-refractivity contribution in [2.24, 2.45) is 0 Å². The summed E-state index contributed by atoms with van der Waals surface area (Å²) < 4.78 is 25.4. The normalized spacial score (nSPS) is 13.8. The average Bonchev–Trinajstić information content (AvgIpc) is 2.44. The van der Waals surface area contributed by atoms with Crippen LogP contribution in [0.5, 0.6) is 0 Å². The van der Waals surface area contributed by atoms with Gasteiger partial charge in [-0.15, -0.1) is 0 Å². The summed E-state index contributed by atoms with van der Waals surface area (Å²) in [5.74, 6) is -2.11. The van der Waals surface area contributed by atoms with E-state index in [-0.39, 0.29) is 18.1 Å². The molecule has 0 aliphatic carbocycles. The van der Waals surface area contributed by atoms with E-state index in [0.29, 0.717) is 6.29 Å². The molecule has 20 heavy (non-hydrogen) atoms. The van der Waals surface area contributed by atoms with Gasteiger partial charge in [0, 0.05) is 6.42 Å². The Kier molecular flexibility index (Phi) is 4.36. The lowest BCUT2D eigenvalue weighted by atomic mass is 10.00. The SMILES string of the molecule is O=CC(c1ncc(F)cn1)C(O)Cc1ncc(F)cn1. The van der Waals surface area contributed by atoms with Crippen molar-refractivity contribution in [3.05, 3.63) is 48.1 Å². The molecule has 2 atom stereocenters. The second-order valence-corrected chi connectivity index (χ2v) is 4.01. The first-order valence-electron chi connectivity index (χ1n) is 5.67. The Morgan fingerprint density at radius 3 is 2.05 bits per heavy atom. The van der Waals surface area contributed by atoms with Gasteiger partial charge in [-0.2, -0.15) is 0 Å². The lowest BCUT2D eigenvalue weighted by Gasteiger charge is -2.15. The number of hydrogen-bond donors (Lipinski definition) is 1. The lowest BCUT2D eigenvalue weighted by Crippen LogP contribution is -2.25. The summed E-state index contributed by atoms with van der Waals surface area (Å²) in [6, 6.07) is 0. The maximum absolute atomic E-state index is 12.7. The Morgan fingerprint density at radius 1 is 1.05 bits per heavy atom. The van der Waals surface area contributed by atoms with Crippen LogP contribution in [0, 0.1) is 11.6 Å². The third kappa shape index (κ3) is 3.35. The number of hydrogen-bond acceptors (Lipinski definition) is 6. The Hall–Kier alpha value is -2.35. The van der Waals surface area contributed by atoms with Crippen LogP contribution in [-0.4, -0.2) is 37.4 Å². The van der Waals surface area contributed by atoms with E-state index in [9.17, 15) is 18.7 Å². The number of carbonyl (C=O) groups is 1. The van der Waals surface area contributed by atoms with Gasteiger partial charge < -0.3 is 9.90 Å². The quantitative estimate of drug-likeness (QED) is 0.799. The highest BCUT2D eigenvalue weighted by Crippen LogP contribution is 2.16. The molecule has 0 aliphatic heterocycles. The Bertz CT molecular complexity index is 577. The fourth-order valence-corrected chi connectivity index (χ4v) is 1.58. The molecule has 0 saturated carbocycles. The van der Waals surface area contributed by atoms with Crippen molar-refractivity contribution in [2.75, 3.05) is 0 Å². The molecule has 6 nitrogen and oxygen atoms in total. The molecule has 2 aromatic heterocycles. The topological polar surface area (TPSA) is 88.9 Å². The zero-order valence-electron chi connectivity index (χ0n) is 10.1. The van der Waals surface area contributed by atoms with Crippen molar-refractivity contribution in [3.8, 4) is 0 Å². The van der Waals surface area contributed by atoms with E-state index in [1.54, 1.807) is 0 Å². The number of halogens is 2. The number of aromatic nitrogens is 4. The molecule has 1 N–H and O–H groups in total. The monoisotopic (exact) mass is 280 g/mol. The molecule has 0 bridgehead atoms. The highest BCUT2D eigenvalue weighted by Gasteiger charge is 2.24. The van der Waals surface area contributed by atoms with Gasteiger partial charge >= 0.3 is 0 Å². The van der Waals surface area contributed by atoms with E-state index in [0.717, 1.165) is 24.8 Å². The second kappa shape index (κ2) is 6.20. The summed E-state index contributed by atoms with van der Waals surface area (Å²) in [7, 11) is 0. The molecule has 0 aromatic carbocycles. The number of aldehydes is 1. The van der Waals surface area contributed by atoms with E-state index in [1.165, 1.54) is 0 Å². The van der Waals surface area contributed by atoms with Crippen LogP contribution >= 0.6 is 0 Å². The van der Waals surface area contributed by atoms with Gasteiger partial charge in [0.25, 0.3) is 0 Å². The Labute approximate surface area is 112 Å². The van der Waals surface area contributed by atoms with E-state index in [4.69, 9.17) is 0 Å². The minimum absolute atomic E-state index is 0.00369. The smallest absolute Gasteiger partial charge is 0.159 e. The van der Waals surface area contributed by atoms with Crippen LogP contribution in [0.25, 0.3) is 0 Å². The van der Waals surface area contributed by atoms with Gasteiger partial charge in [0.05, 0.1) is 30.9 Å². The zero-order chi connectivity index (χ0) is 14.5. The maximum atomic E-state index is 12.7. The average molecular weight is 280 g/mol. The first-order chi connectivity index (χ1) is 9.60. The minimum Gasteiger partial charge on any atom is -0.391 e. The predicted molar refractivity (Wildman–Crippen MR) is 62.5 cm³/mol. The first-order valence-corrected chi connectivity index (χ1v) is 5.67. The zero-order valence-corrected chi connectivity index (χ0v) is 10.1. The maximum Gasteiger partial charge on any atom is 0.159 e. The predicted octanol–water partition coefficient (Wildman–Crippen LogP) is 0.431. The molecular weight excluding hydrogens is 270 g/mol. The van der Waals surface area contributed by atoms with Crippen LogP contribution in [0.3, 0.4) is 0 Å². The van der Waals surface area contributed by atoms with Crippen molar-refractivity contribution in [2.45, 2.75) is 18.4 Å². The van der Waals surface area contributed by atoms with Crippen LogP contribution in [0.4, 0.5) is 8.78 Å². The van der Waals surface area contributed by atoms with Crippen LogP contribution in [0.15, 0.2) is 24.8 Å². The van der Waals surface area contributed by atoms with Gasteiger partial charge in [0.15, 0.2) is 11.6 Å². The number of aliphatic hydroxyl groups is 1. The van der Waals surface area contributed by atoms with Crippen molar-refractivity contribution < 1.29 is 18.7 Å². The standard InChI is InChI=1S/C12H10F2N4O2/c13-7-2-15-11(16-3-7)1-10(20)9(6-19)12-17-4-8(14)5-18-12/h2-6,9-10,20H,1H2. The molecule has 0 amide bonds. The number of nitrogens with zero attached hydrogens (tertiary/aromatic N) is 4. The largest absolute Gasteiger partial charge is 0.391 e. The van der Waals surface area contributed by atoms with Crippen LogP contribution in [0.2, 0.25) is 0 Å². The molecule has 0 fully saturated rings. The van der Waals surface area contributed by atoms with Gasteiger partial charge in [-0.25, -0.2) is 28.7 Å². The highest BCUT2D eigenvalue weighted by molar-refractivity contribution is 5.61. The number of aliphatic hydroxyl groups excluding tert-OH is 1. The van der Waals surface area contributed by atoms with Gasteiger partial charge in [0.2, 0.25) is 0 Å². The summed E-state index contributed by atoms with van der Waals surface area (Å²) in [5.41, 5.74) is 0. The van der Waals surface area contributed by atoms with E-state index < -0.39 is 23.7 Å². The van der Waals surface area contributed by atoms with Crippen LogP contribution in [0.1, 0.15) is 17.6 Å². The fourth-order valence-electron chi connectivity index (χ4n) is 1.58. The Balaban J connectivity index is 2.12. The summed E-state index contributed by atoms with van der Waals surface area (Å²) >= 11 is 0. The van der Waals surface area contributed by atoms with E-state index in [2.05, 4.69) is 19.9 Å². The molecule has 104 valence electrons. The van der Waals surface area contributed by atoms with Gasteiger partial charge in [-0.05, 0) is 0 Å². The molecule has 0 spiro atoms.